The Kier molecular flexibility index (Phi) is 9.45. The number of halogens is 1. The molecule has 2 aromatic carbocycles. The van der Waals surface area contributed by atoms with Crippen LogP contribution in [0, 0.1) is 6.92 Å². The third-order valence-electron chi connectivity index (χ3n) is 6.18. The van der Waals surface area contributed by atoms with Crippen LogP contribution in [0.3, 0.4) is 0 Å². The molecule has 40 heavy (non-hydrogen) atoms. The molecule has 14 heteroatoms. The quantitative estimate of drug-likeness (QED) is 0.179. The van der Waals surface area contributed by atoms with E-state index in [2.05, 4.69) is 56.6 Å². The molecule has 3 N–H and O–H groups in total. The fourth-order valence-electron chi connectivity index (χ4n) is 3.89. The highest BCUT2D eigenvalue weighted by Gasteiger charge is 2.25. The second-order valence-electron chi connectivity index (χ2n) is 8.68. The summed E-state index contributed by atoms with van der Waals surface area (Å²) in [6.07, 6.45) is 1.49. The molecule has 0 saturated heterocycles. The van der Waals surface area contributed by atoms with Gasteiger partial charge >= 0.3 is 0 Å². The van der Waals surface area contributed by atoms with Gasteiger partial charge in [-0.3, -0.25) is 9.69 Å². The van der Waals surface area contributed by atoms with Crippen molar-refractivity contribution in [3.63, 3.8) is 0 Å². The van der Waals surface area contributed by atoms with Crippen LogP contribution in [0.4, 0.5) is 5.82 Å². The van der Waals surface area contributed by atoms with Gasteiger partial charge in [-0.25, -0.2) is 10.1 Å². The van der Waals surface area contributed by atoms with Crippen molar-refractivity contribution in [2.24, 2.45) is 5.10 Å². The molecule has 0 saturated carbocycles. The Labute approximate surface area is 239 Å². The summed E-state index contributed by atoms with van der Waals surface area (Å²) < 4.78 is 18.2. The van der Waals surface area contributed by atoms with E-state index in [0.717, 1.165) is 24.2 Å². The monoisotopic (exact) mass is 611 g/mol. The molecule has 0 aliphatic heterocycles. The minimum Gasteiger partial charge on any atom is -0.493 e. The molecule has 0 bridgehead atoms. The Morgan fingerprint density at radius 2 is 2.02 bits per heavy atom. The molecule has 0 aliphatic carbocycles. The molecule has 0 spiro atoms. The number of aromatic nitrogens is 5. The molecule has 2 heterocycles. The number of aryl methyl sites for hydroxylation is 1. The third-order valence-corrected chi connectivity index (χ3v) is 6.77. The minimum atomic E-state index is -0.560. The van der Waals surface area contributed by atoms with Crippen molar-refractivity contribution in [3.8, 4) is 17.3 Å². The van der Waals surface area contributed by atoms with E-state index < -0.39 is 5.91 Å². The van der Waals surface area contributed by atoms with Crippen LogP contribution >= 0.6 is 15.9 Å². The molecule has 13 nitrogen and oxygen atoms in total. The Hall–Kier alpha value is -4.30. The number of benzene rings is 2. The van der Waals surface area contributed by atoms with Gasteiger partial charge in [0.25, 0.3) is 5.91 Å². The lowest BCUT2D eigenvalue weighted by atomic mass is 10.1. The number of nitrogens with two attached hydrogens (primary N) is 1. The molecule has 0 atom stereocenters. The first-order valence-electron chi connectivity index (χ1n) is 12.5. The SMILES string of the molecule is CCN(CC)Cc1nnn(-c2nonc2N)c1C(=O)N/N=C/c1cc(Br)c(OCc2ccccc2C)c(OC)c1. The summed E-state index contributed by atoms with van der Waals surface area (Å²) in [5, 5.41) is 19.7. The van der Waals surface area contributed by atoms with Gasteiger partial charge in [0.05, 0.1) is 17.8 Å². The lowest BCUT2D eigenvalue weighted by Crippen LogP contribution is -2.27. The lowest BCUT2D eigenvalue weighted by molar-refractivity contribution is 0.0945. The Bertz CT molecular complexity index is 1500. The highest BCUT2D eigenvalue weighted by Crippen LogP contribution is 2.37. The summed E-state index contributed by atoms with van der Waals surface area (Å²) in [7, 11) is 1.56. The zero-order valence-electron chi connectivity index (χ0n) is 22.6. The predicted molar refractivity (Wildman–Crippen MR) is 152 cm³/mol. The molecule has 1 amide bonds. The fourth-order valence-corrected chi connectivity index (χ4v) is 4.46. The highest BCUT2D eigenvalue weighted by atomic mass is 79.9. The van der Waals surface area contributed by atoms with Crippen molar-refractivity contribution >= 4 is 33.9 Å². The summed E-state index contributed by atoms with van der Waals surface area (Å²) in [6.45, 7) is 8.36. The van der Waals surface area contributed by atoms with Gasteiger partial charge in [-0.05, 0) is 75.1 Å². The number of carbonyl (C=O) groups is 1. The third kappa shape index (κ3) is 6.46. The zero-order valence-corrected chi connectivity index (χ0v) is 24.2. The van der Waals surface area contributed by atoms with Crippen LogP contribution in [0.25, 0.3) is 5.82 Å². The predicted octanol–water partition coefficient (Wildman–Crippen LogP) is 3.50. The minimum absolute atomic E-state index is 0.0291. The van der Waals surface area contributed by atoms with E-state index in [4.69, 9.17) is 15.2 Å². The van der Waals surface area contributed by atoms with Gasteiger partial charge in [-0.15, -0.1) is 5.10 Å². The number of hydrogen-bond donors (Lipinski definition) is 2. The van der Waals surface area contributed by atoms with Crippen LogP contribution in [0.2, 0.25) is 0 Å². The van der Waals surface area contributed by atoms with Crippen LogP contribution in [-0.4, -0.2) is 62.5 Å². The number of hydrazone groups is 1. The first-order valence-corrected chi connectivity index (χ1v) is 13.3. The smallest absolute Gasteiger partial charge is 0.292 e. The summed E-state index contributed by atoms with van der Waals surface area (Å²) in [5.74, 6) is 0.534. The molecule has 0 aliphatic rings. The normalized spacial score (nSPS) is 11.3. The molecule has 2 aromatic heterocycles. The van der Waals surface area contributed by atoms with Crippen molar-refractivity contribution in [1.29, 1.82) is 0 Å². The highest BCUT2D eigenvalue weighted by molar-refractivity contribution is 9.10. The number of nitrogens with zero attached hydrogens (tertiary/aromatic N) is 7. The van der Waals surface area contributed by atoms with E-state index in [1.54, 1.807) is 13.2 Å². The van der Waals surface area contributed by atoms with Crippen LogP contribution < -0.4 is 20.6 Å². The fraction of sp³-hybridized carbons (Fsp3) is 0.308. The molecule has 0 unspecified atom stereocenters. The van der Waals surface area contributed by atoms with Gasteiger partial charge in [-0.2, -0.15) is 9.78 Å². The van der Waals surface area contributed by atoms with E-state index in [0.29, 0.717) is 40.4 Å². The lowest BCUT2D eigenvalue weighted by Gasteiger charge is -2.16. The van der Waals surface area contributed by atoms with Crippen LogP contribution in [0.15, 0.2) is 50.6 Å². The van der Waals surface area contributed by atoms with E-state index in [1.807, 2.05) is 51.1 Å². The van der Waals surface area contributed by atoms with Crippen molar-refractivity contribution in [3.05, 3.63) is 68.9 Å². The summed E-state index contributed by atoms with van der Waals surface area (Å²) >= 11 is 3.56. The molecule has 4 aromatic rings. The van der Waals surface area contributed by atoms with Crippen molar-refractivity contribution in [1.82, 2.24) is 35.6 Å². The second kappa shape index (κ2) is 13.2. The topological polar surface area (TPSA) is 159 Å². The number of methoxy groups -OCH3 is 1. The number of amides is 1. The summed E-state index contributed by atoms with van der Waals surface area (Å²) in [5.41, 5.74) is 11.8. The number of rotatable bonds is 12. The molecule has 0 fully saturated rings. The molecule has 4 rings (SSSR count). The Balaban J connectivity index is 1.53. The first kappa shape index (κ1) is 28.7. The van der Waals surface area contributed by atoms with Crippen LogP contribution in [-0.2, 0) is 13.2 Å². The maximum absolute atomic E-state index is 13.3. The van der Waals surface area contributed by atoms with Crippen molar-refractivity contribution in [2.75, 3.05) is 25.9 Å². The number of carbonyl (C=O) groups excluding carboxylic acids is 1. The van der Waals surface area contributed by atoms with Crippen LogP contribution in [0.1, 0.15) is 46.7 Å². The summed E-state index contributed by atoms with van der Waals surface area (Å²) in [4.78, 5) is 15.4. The van der Waals surface area contributed by atoms with Crippen LogP contribution in [0.5, 0.6) is 11.5 Å². The number of nitrogen functional groups attached to an aromatic ring is 1. The first-order chi connectivity index (χ1) is 19.4. The van der Waals surface area contributed by atoms with E-state index in [1.165, 1.54) is 10.9 Å². The van der Waals surface area contributed by atoms with Gasteiger partial charge < -0.3 is 15.2 Å². The van der Waals surface area contributed by atoms with Gasteiger partial charge in [0.15, 0.2) is 17.2 Å². The average molecular weight is 612 g/mol. The van der Waals surface area contributed by atoms with E-state index in [-0.39, 0.29) is 17.3 Å². The number of hydrogen-bond acceptors (Lipinski definition) is 11. The molecular formula is C26H30BrN9O4. The number of anilines is 1. The maximum Gasteiger partial charge on any atom is 0.292 e. The molecule has 210 valence electrons. The van der Waals surface area contributed by atoms with Crippen molar-refractivity contribution < 1.29 is 18.9 Å². The second-order valence-corrected chi connectivity index (χ2v) is 9.53. The number of ether oxygens (including phenoxy) is 2. The Morgan fingerprint density at radius 3 is 2.70 bits per heavy atom. The molecule has 0 radical (unpaired) electrons. The van der Waals surface area contributed by atoms with Crippen molar-refractivity contribution in [2.45, 2.75) is 33.9 Å². The van der Waals surface area contributed by atoms with E-state index >= 15 is 0 Å². The Morgan fingerprint density at radius 1 is 1.25 bits per heavy atom. The van der Waals surface area contributed by atoms with Gasteiger partial charge in [0.2, 0.25) is 11.6 Å². The van der Waals surface area contributed by atoms with Gasteiger partial charge in [0, 0.05) is 6.54 Å². The standard InChI is InChI=1S/C26H30BrN9O4/c1-5-35(6-2)14-20-22(36(34-30-20)25-24(28)32-40-33-25)26(37)31-29-13-17-11-19(27)23(21(12-17)38-4)39-15-18-10-8-7-9-16(18)3/h7-13H,5-6,14-15H2,1-4H3,(H2,28,32)(H,31,37)/b29-13+. The zero-order chi connectivity index (χ0) is 28.6. The largest absolute Gasteiger partial charge is 0.493 e. The average Bonchev–Trinajstić information content (AvgIpc) is 3.56. The van der Waals surface area contributed by atoms with Gasteiger partial charge in [0.1, 0.15) is 12.3 Å². The van der Waals surface area contributed by atoms with E-state index in [9.17, 15) is 4.79 Å². The summed E-state index contributed by atoms with van der Waals surface area (Å²) in [6, 6.07) is 11.6. The number of nitrogens with one attached hydrogen (secondary N) is 1. The molecular weight excluding hydrogens is 582 g/mol. The van der Waals surface area contributed by atoms with Gasteiger partial charge in [-0.1, -0.05) is 43.3 Å². The maximum atomic E-state index is 13.3.